The molecule has 2 aromatic rings. The van der Waals surface area contributed by atoms with Gasteiger partial charge in [-0.15, -0.1) is 0 Å². The fraction of sp³-hybridized carbons (Fsp3) is 0.294. The second-order valence-corrected chi connectivity index (χ2v) is 4.97. The highest BCUT2D eigenvalue weighted by Crippen LogP contribution is 2.22. The summed E-state index contributed by atoms with van der Waals surface area (Å²) in [5.74, 6) is 0.627. The van der Waals surface area contributed by atoms with Crippen LogP contribution in [0.4, 0.5) is 10.1 Å². The van der Waals surface area contributed by atoms with Gasteiger partial charge in [0.1, 0.15) is 11.6 Å². The molecule has 1 N–H and O–H groups in total. The highest BCUT2D eigenvalue weighted by Gasteiger charge is 2.13. The predicted octanol–water partition coefficient (Wildman–Crippen LogP) is 3.23. The molecular weight excluding hydrogens is 267 g/mol. The monoisotopic (exact) mass is 288 g/mol. The molecule has 112 valence electrons. The summed E-state index contributed by atoms with van der Waals surface area (Å²) in [4.78, 5) is 2.10. The van der Waals surface area contributed by atoms with Crippen molar-refractivity contribution >= 4 is 5.69 Å². The third-order valence-corrected chi connectivity index (χ3v) is 3.57. The van der Waals surface area contributed by atoms with Gasteiger partial charge >= 0.3 is 0 Å². The third kappa shape index (κ3) is 3.95. The van der Waals surface area contributed by atoms with Crippen molar-refractivity contribution in [2.24, 2.45) is 0 Å². The molecule has 0 amide bonds. The minimum absolute atomic E-state index is 0.162. The lowest BCUT2D eigenvalue weighted by Crippen LogP contribution is -2.31. The van der Waals surface area contributed by atoms with Gasteiger partial charge in [-0.05, 0) is 49.0 Å². The molecule has 2 aromatic carbocycles. The minimum Gasteiger partial charge on any atom is -0.497 e. The Morgan fingerprint density at radius 1 is 1.19 bits per heavy atom. The molecule has 0 heterocycles. The van der Waals surface area contributed by atoms with Crippen LogP contribution in [0.3, 0.4) is 0 Å². The van der Waals surface area contributed by atoms with Crippen molar-refractivity contribution in [3.63, 3.8) is 0 Å². The quantitative estimate of drug-likeness (QED) is 0.883. The van der Waals surface area contributed by atoms with Crippen molar-refractivity contribution in [2.75, 3.05) is 32.6 Å². The number of hydrogen-bond acceptors (Lipinski definition) is 3. The van der Waals surface area contributed by atoms with Gasteiger partial charge in [-0.2, -0.15) is 0 Å². The summed E-state index contributed by atoms with van der Waals surface area (Å²) >= 11 is 0. The largest absolute Gasteiger partial charge is 0.497 e. The number of nitrogens with one attached hydrogen (secondary N) is 1. The van der Waals surface area contributed by atoms with E-state index in [0.717, 1.165) is 23.5 Å². The maximum absolute atomic E-state index is 13.0. The van der Waals surface area contributed by atoms with E-state index in [1.807, 2.05) is 32.3 Å². The molecular formula is C17H21FN2O. The normalized spacial score (nSPS) is 12.0. The maximum Gasteiger partial charge on any atom is 0.123 e. The summed E-state index contributed by atoms with van der Waals surface area (Å²) in [7, 11) is 5.60. The lowest BCUT2D eigenvalue weighted by Gasteiger charge is -2.26. The van der Waals surface area contributed by atoms with Crippen LogP contribution in [0.25, 0.3) is 0 Å². The summed E-state index contributed by atoms with van der Waals surface area (Å²) < 4.78 is 18.3. The Labute approximate surface area is 125 Å². The molecule has 0 aliphatic carbocycles. The Bertz CT molecular complexity index is 571. The molecule has 3 nitrogen and oxygen atoms in total. The first-order valence-corrected chi connectivity index (χ1v) is 6.92. The van der Waals surface area contributed by atoms with Crippen molar-refractivity contribution in [1.82, 2.24) is 5.32 Å². The van der Waals surface area contributed by atoms with Crippen molar-refractivity contribution in [3.8, 4) is 5.75 Å². The van der Waals surface area contributed by atoms with Gasteiger partial charge in [-0.1, -0.05) is 12.1 Å². The standard InChI is InChI=1S/C17H21FN2O/c1-19-17(13-5-4-6-16(11-13)21-3)12-20(2)15-9-7-14(18)8-10-15/h4-11,17,19H,12H2,1-3H3. The third-order valence-electron chi connectivity index (χ3n) is 3.57. The van der Waals surface area contributed by atoms with Crippen LogP contribution >= 0.6 is 0 Å². The zero-order chi connectivity index (χ0) is 15.2. The molecule has 0 aromatic heterocycles. The Morgan fingerprint density at radius 2 is 1.90 bits per heavy atom. The van der Waals surface area contributed by atoms with E-state index in [9.17, 15) is 4.39 Å². The number of hydrogen-bond donors (Lipinski definition) is 1. The number of anilines is 1. The molecule has 0 aliphatic heterocycles. The summed E-state index contributed by atoms with van der Waals surface area (Å²) in [6.07, 6.45) is 0. The average Bonchev–Trinajstić information content (AvgIpc) is 2.53. The number of ether oxygens (including phenoxy) is 1. The topological polar surface area (TPSA) is 24.5 Å². The van der Waals surface area contributed by atoms with Gasteiger partial charge in [0.15, 0.2) is 0 Å². The Kier molecular flexibility index (Phi) is 5.17. The van der Waals surface area contributed by atoms with Crippen molar-refractivity contribution in [2.45, 2.75) is 6.04 Å². The zero-order valence-corrected chi connectivity index (χ0v) is 12.6. The molecule has 0 aliphatic rings. The van der Waals surface area contributed by atoms with Gasteiger partial charge in [0.25, 0.3) is 0 Å². The van der Waals surface area contributed by atoms with Gasteiger partial charge in [-0.3, -0.25) is 0 Å². The van der Waals surface area contributed by atoms with Crippen LogP contribution in [0.2, 0.25) is 0 Å². The minimum atomic E-state index is -0.217. The van der Waals surface area contributed by atoms with E-state index in [2.05, 4.69) is 16.3 Å². The van der Waals surface area contributed by atoms with Crippen LogP contribution in [0.1, 0.15) is 11.6 Å². The Morgan fingerprint density at radius 3 is 2.52 bits per heavy atom. The van der Waals surface area contributed by atoms with Crippen LogP contribution in [0, 0.1) is 5.82 Å². The van der Waals surface area contributed by atoms with Gasteiger partial charge in [-0.25, -0.2) is 4.39 Å². The number of nitrogens with zero attached hydrogens (tertiary/aromatic N) is 1. The van der Waals surface area contributed by atoms with E-state index in [4.69, 9.17) is 4.74 Å². The Balaban J connectivity index is 2.12. The van der Waals surface area contributed by atoms with E-state index in [1.54, 1.807) is 19.2 Å². The molecule has 2 rings (SSSR count). The van der Waals surface area contributed by atoms with E-state index >= 15 is 0 Å². The van der Waals surface area contributed by atoms with Gasteiger partial charge in [0.2, 0.25) is 0 Å². The molecule has 1 unspecified atom stereocenters. The molecule has 0 bridgehead atoms. The highest BCUT2D eigenvalue weighted by molar-refractivity contribution is 5.46. The van der Waals surface area contributed by atoms with Crippen LogP contribution in [0.15, 0.2) is 48.5 Å². The first-order valence-electron chi connectivity index (χ1n) is 6.92. The second kappa shape index (κ2) is 7.09. The van der Waals surface area contributed by atoms with E-state index < -0.39 is 0 Å². The maximum atomic E-state index is 13.0. The van der Waals surface area contributed by atoms with E-state index in [-0.39, 0.29) is 11.9 Å². The average molecular weight is 288 g/mol. The Hall–Kier alpha value is -2.07. The van der Waals surface area contributed by atoms with Gasteiger partial charge in [0.05, 0.1) is 7.11 Å². The van der Waals surface area contributed by atoms with Crippen LogP contribution in [-0.2, 0) is 0 Å². The zero-order valence-electron chi connectivity index (χ0n) is 12.6. The van der Waals surface area contributed by atoms with Crippen LogP contribution in [-0.4, -0.2) is 27.7 Å². The molecule has 0 radical (unpaired) electrons. The SMILES string of the molecule is CNC(CN(C)c1ccc(F)cc1)c1cccc(OC)c1. The van der Waals surface area contributed by atoms with Crippen LogP contribution < -0.4 is 15.0 Å². The van der Waals surface area contributed by atoms with Crippen molar-refractivity contribution in [1.29, 1.82) is 0 Å². The molecule has 0 spiro atoms. The molecule has 0 fully saturated rings. The number of likely N-dealkylation sites (N-methyl/N-ethyl adjacent to an activating group) is 2. The number of benzene rings is 2. The lowest BCUT2D eigenvalue weighted by molar-refractivity contribution is 0.413. The fourth-order valence-electron chi connectivity index (χ4n) is 2.30. The first-order chi connectivity index (χ1) is 10.1. The summed E-state index contributed by atoms with van der Waals surface area (Å²) in [5, 5.41) is 3.31. The highest BCUT2D eigenvalue weighted by atomic mass is 19.1. The van der Waals surface area contributed by atoms with E-state index in [0.29, 0.717) is 0 Å². The van der Waals surface area contributed by atoms with E-state index in [1.165, 1.54) is 12.1 Å². The van der Waals surface area contributed by atoms with Crippen molar-refractivity contribution in [3.05, 3.63) is 59.9 Å². The fourth-order valence-corrected chi connectivity index (χ4v) is 2.30. The second-order valence-electron chi connectivity index (χ2n) is 4.97. The van der Waals surface area contributed by atoms with Crippen molar-refractivity contribution < 1.29 is 9.13 Å². The molecule has 0 saturated carbocycles. The lowest BCUT2D eigenvalue weighted by atomic mass is 10.1. The molecule has 4 heteroatoms. The summed E-state index contributed by atoms with van der Waals surface area (Å²) in [5.41, 5.74) is 2.14. The summed E-state index contributed by atoms with van der Waals surface area (Å²) in [6, 6.07) is 14.7. The van der Waals surface area contributed by atoms with Gasteiger partial charge < -0.3 is 15.0 Å². The smallest absolute Gasteiger partial charge is 0.123 e. The number of rotatable bonds is 6. The molecule has 1 atom stereocenters. The number of halogens is 1. The molecule has 21 heavy (non-hydrogen) atoms. The van der Waals surface area contributed by atoms with Crippen LogP contribution in [0.5, 0.6) is 5.75 Å². The first kappa shape index (κ1) is 15.3. The molecule has 0 saturated heterocycles. The number of methoxy groups -OCH3 is 1. The summed E-state index contributed by atoms with van der Waals surface area (Å²) in [6.45, 7) is 0.773. The predicted molar refractivity (Wildman–Crippen MR) is 84.5 cm³/mol. The van der Waals surface area contributed by atoms with Gasteiger partial charge in [0, 0.05) is 25.3 Å².